The minimum absolute atomic E-state index is 0.216. The van der Waals surface area contributed by atoms with Crippen molar-refractivity contribution in [1.29, 1.82) is 0 Å². The van der Waals surface area contributed by atoms with Gasteiger partial charge in [-0.3, -0.25) is 14.4 Å². The molecule has 6 nitrogen and oxygen atoms in total. The van der Waals surface area contributed by atoms with E-state index in [1.165, 1.54) is 24.0 Å². The van der Waals surface area contributed by atoms with Crippen molar-refractivity contribution in [2.24, 2.45) is 0 Å². The highest BCUT2D eigenvalue weighted by Crippen LogP contribution is 2.24. The Hall–Kier alpha value is -2.37. The van der Waals surface area contributed by atoms with Gasteiger partial charge in [-0.1, -0.05) is 18.2 Å². The van der Waals surface area contributed by atoms with E-state index in [0.29, 0.717) is 25.9 Å². The summed E-state index contributed by atoms with van der Waals surface area (Å²) in [6.45, 7) is 2.70. The first-order chi connectivity index (χ1) is 11.6. The third-order valence-corrected chi connectivity index (χ3v) is 4.29. The quantitative estimate of drug-likeness (QED) is 0.396. The second kappa shape index (κ2) is 9.05. The molecule has 6 heteroatoms. The summed E-state index contributed by atoms with van der Waals surface area (Å²) in [6.07, 6.45) is 5.84. The van der Waals surface area contributed by atoms with Crippen LogP contribution in [0.3, 0.4) is 0 Å². The van der Waals surface area contributed by atoms with E-state index in [-0.39, 0.29) is 6.04 Å². The van der Waals surface area contributed by atoms with E-state index in [1.807, 2.05) is 13.0 Å². The van der Waals surface area contributed by atoms with Gasteiger partial charge in [0, 0.05) is 13.1 Å². The van der Waals surface area contributed by atoms with Gasteiger partial charge < -0.3 is 16.0 Å². The van der Waals surface area contributed by atoms with Gasteiger partial charge in [0.15, 0.2) is 0 Å². The zero-order chi connectivity index (χ0) is 17.4. The maximum Gasteiger partial charge on any atom is 0.309 e. The van der Waals surface area contributed by atoms with Gasteiger partial charge in [-0.25, -0.2) is 0 Å². The minimum Gasteiger partial charge on any atom is -0.359 e. The van der Waals surface area contributed by atoms with E-state index in [2.05, 4.69) is 28.1 Å². The summed E-state index contributed by atoms with van der Waals surface area (Å²) in [5, 5.41) is 7.77. The Morgan fingerprint density at radius 1 is 1.12 bits per heavy atom. The van der Waals surface area contributed by atoms with Gasteiger partial charge >= 0.3 is 11.8 Å². The molecular formula is C18H25N3O3. The van der Waals surface area contributed by atoms with Crippen LogP contribution in [0.4, 0.5) is 0 Å². The van der Waals surface area contributed by atoms with Gasteiger partial charge in [0.25, 0.3) is 0 Å². The third-order valence-electron chi connectivity index (χ3n) is 4.29. The van der Waals surface area contributed by atoms with Crippen LogP contribution in [-0.4, -0.2) is 31.3 Å². The van der Waals surface area contributed by atoms with Crippen molar-refractivity contribution in [3.8, 4) is 0 Å². The Bertz CT molecular complexity index is 601. The van der Waals surface area contributed by atoms with Crippen LogP contribution in [0.15, 0.2) is 18.2 Å². The number of fused-ring (bicyclic) bond motifs is 1. The fourth-order valence-corrected chi connectivity index (χ4v) is 2.90. The molecule has 1 aromatic carbocycles. The molecule has 0 saturated carbocycles. The predicted molar refractivity (Wildman–Crippen MR) is 91.3 cm³/mol. The molecule has 0 heterocycles. The van der Waals surface area contributed by atoms with Crippen molar-refractivity contribution in [1.82, 2.24) is 16.0 Å². The molecule has 0 aliphatic heterocycles. The standard InChI is InChI=1S/C18H25N3O3/c1-13(15-8-7-14-5-2-3-6-16(14)11-15)21-18(24)17(23)20-10-4-9-19-12-22/h7-8,11-13H,2-6,9-10H2,1H3,(H,19,22)(H,20,23)(H,21,24). The SMILES string of the molecule is CC(NC(=O)C(=O)NCCCNC=O)c1ccc2c(c1)CCCC2. The molecule has 0 fully saturated rings. The van der Waals surface area contributed by atoms with Gasteiger partial charge in [-0.05, 0) is 55.7 Å². The smallest absolute Gasteiger partial charge is 0.309 e. The number of nitrogens with one attached hydrogen (secondary N) is 3. The minimum atomic E-state index is -0.647. The Kier molecular flexibility index (Phi) is 6.78. The normalized spacial score (nSPS) is 14.2. The second-order valence-corrected chi connectivity index (χ2v) is 6.11. The maximum atomic E-state index is 11.9. The lowest BCUT2D eigenvalue weighted by Gasteiger charge is -2.20. The first-order valence-electron chi connectivity index (χ1n) is 8.49. The van der Waals surface area contributed by atoms with Crippen LogP contribution in [-0.2, 0) is 27.2 Å². The number of benzene rings is 1. The molecular weight excluding hydrogens is 306 g/mol. The van der Waals surface area contributed by atoms with E-state index < -0.39 is 11.8 Å². The van der Waals surface area contributed by atoms with Crippen molar-refractivity contribution < 1.29 is 14.4 Å². The van der Waals surface area contributed by atoms with Crippen LogP contribution in [0, 0.1) is 0 Å². The number of aryl methyl sites for hydroxylation is 2. The summed E-state index contributed by atoms with van der Waals surface area (Å²) in [5.41, 5.74) is 3.77. The highest BCUT2D eigenvalue weighted by molar-refractivity contribution is 6.35. The zero-order valence-electron chi connectivity index (χ0n) is 14.1. The van der Waals surface area contributed by atoms with Gasteiger partial charge in [0.1, 0.15) is 0 Å². The summed E-state index contributed by atoms with van der Waals surface area (Å²) >= 11 is 0. The number of hydrogen-bond acceptors (Lipinski definition) is 3. The molecule has 0 aromatic heterocycles. The molecule has 0 spiro atoms. The Labute approximate surface area is 142 Å². The van der Waals surface area contributed by atoms with Gasteiger partial charge in [-0.2, -0.15) is 0 Å². The van der Waals surface area contributed by atoms with E-state index in [4.69, 9.17) is 0 Å². The molecule has 0 bridgehead atoms. The molecule has 1 aliphatic rings. The van der Waals surface area contributed by atoms with Crippen LogP contribution < -0.4 is 16.0 Å². The molecule has 0 radical (unpaired) electrons. The summed E-state index contributed by atoms with van der Waals surface area (Å²) in [6, 6.07) is 6.08. The molecule has 1 aliphatic carbocycles. The number of carbonyl (C=O) groups excluding carboxylic acids is 3. The summed E-state index contributed by atoms with van der Waals surface area (Å²) in [7, 11) is 0. The maximum absolute atomic E-state index is 11.9. The fourth-order valence-electron chi connectivity index (χ4n) is 2.90. The first-order valence-corrected chi connectivity index (χ1v) is 8.49. The molecule has 1 aromatic rings. The zero-order valence-corrected chi connectivity index (χ0v) is 14.1. The lowest BCUT2D eigenvalue weighted by Crippen LogP contribution is -2.41. The van der Waals surface area contributed by atoms with E-state index >= 15 is 0 Å². The Morgan fingerprint density at radius 2 is 1.88 bits per heavy atom. The van der Waals surface area contributed by atoms with Crippen molar-refractivity contribution in [3.05, 3.63) is 34.9 Å². The topological polar surface area (TPSA) is 87.3 Å². The van der Waals surface area contributed by atoms with Gasteiger partial charge in [0.2, 0.25) is 6.41 Å². The highest BCUT2D eigenvalue weighted by Gasteiger charge is 2.18. The molecule has 24 heavy (non-hydrogen) atoms. The third kappa shape index (κ3) is 5.08. The average Bonchev–Trinajstić information content (AvgIpc) is 2.60. The molecule has 3 amide bonds. The predicted octanol–water partition coefficient (Wildman–Crippen LogP) is 0.995. The summed E-state index contributed by atoms with van der Waals surface area (Å²) in [4.78, 5) is 33.8. The molecule has 3 N–H and O–H groups in total. The van der Waals surface area contributed by atoms with Gasteiger partial charge in [0.05, 0.1) is 6.04 Å². The second-order valence-electron chi connectivity index (χ2n) is 6.11. The lowest BCUT2D eigenvalue weighted by atomic mass is 9.89. The number of hydrogen-bond donors (Lipinski definition) is 3. The van der Waals surface area contributed by atoms with E-state index in [0.717, 1.165) is 18.4 Å². The Morgan fingerprint density at radius 3 is 2.62 bits per heavy atom. The molecule has 1 atom stereocenters. The largest absolute Gasteiger partial charge is 0.359 e. The number of carbonyl (C=O) groups is 3. The number of rotatable bonds is 7. The molecule has 1 unspecified atom stereocenters. The van der Waals surface area contributed by atoms with Crippen LogP contribution in [0.25, 0.3) is 0 Å². The molecule has 2 rings (SSSR count). The van der Waals surface area contributed by atoms with Crippen LogP contribution in [0.5, 0.6) is 0 Å². The van der Waals surface area contributed by atoms with E-state index in [1.54, 1.807) is 0 Å². The lowest BCUT2D eigenvalue weighted by molar-refractivity contribution is -0.139. The Balaban J connectivity index is 1.82. The van der Waals surface area contributed by atoms with Crippen LogP contribution in [0.2, 0.25) is 0 Å². The summed E-state index contributed by atoms with van der Waals surface area (Å²) in [5.74, 6) is -1.28. The van der Waals surface area contributed by atoms with Gasteiger partial charge in [-0.15, -0.1) is 0 Å². The first kappa shape index (κ1) is 18.0. The van der Waals surface area contributed by atoms with Crippen LogP contribution >= 0.6 is 0 Å². The van der Waals surface area contributed by atoms with Crippen molar-refractivity contribution >= 4 is 18.2 Å². The highest BCUT2D eigenvalue weighted by atomic mass is 16.2. The molecule has 0 saturated heterocycles. The summed E-state index contributed by atoms with van der Waals surface area (Å²) < 4.78 is 0. The average molecular weight is 331 g/mol. The van der Waals surface area contributed by atoms with Crippen molar-refractivity contribution in [3.63, 3.8) is 0 Å². The molecule has 130 valence electrons. The monoisotopic (exact) mass is 331 g/mol. The number of amides is 3. The van der Waals surface area contributed by atoms with Crippen LogP contribution in [0.1, 0.15) is 48.9 Å². The van der Waals surface area contributed by atoms with Crippen molar-refractivity contribution in [2.45, 2.75) is 45.1 Å². The van der Waals surface area contributed by atoms with E-state index in [9.17, 15) is 14.4 Å². The van der Waals surface area contributed by atoms with Crippen molar-refractivity contribution in [2.75, 3.05) is 13.1 Å². The fraction of sp³-hybridized carbons (Fsp3) is 0.500.